The van der Waals surface area contributed by atoms with Gasteiger partial charge in [0.2, 0.25) is 5.91 Å². The molecule has 2 N–H and O–H groups in total. The summed E-state index contributed by atoms with van der Waals surface area (Å²) in [7, 11) is 1.71. The summed E-state index contributed by atoms with van der Waals surface area (Å²) in [6, 6.07) is 0.603. The van der Waals surface area contributed by atoms with Gasteiger partial charge < -0.3 is 10.6 Å². The third-order valence-electron chi connectivity index (χ3n) is 4.46. The van der Waals surface area contributed by atoms with Crippen LogP contribution in [0.25, 0.3) is 0 Å². The maximum atomic E-state index is 11.8. The number of hydrogen-bond donors (Lipinski definition) is 2. The predicted molar refractivity (Wildman–Crippen MR) is 81.1 cm³/mol. The van der Waals surface area contributed by atoms with Gasteiger partial charge in [0.1, 0.15) is 0 Å². The van der Waals surface area contributed by atoms with Crippen LogP contribution in [0.4, 0.5) is 0 Å². The first-order valence-electron chi connectivity index (χ1n) is 7.95. The third kappa shape index (κ3) is 5.52. The van der Waals surface area contributed by atoms with Gasteiger partial charge in [0.05, 0.1) is 5.41 Å². The van der Waals surface area contributed by atoms with E-state index in [2.05, 4.69) is 17.6 Å². The van der Waals surface area contributed by atoms with E-state index in [1.807, 2.05) is 13.8 Å². The zero-order chi connectivity index (χ0) is 14.3. The molecular formula is C16H32N2O. The molecule has 2 unspecified atom stereocenters. The van der Waals surface area contributed by atoms with Crippen LogP contribution >= 0.6 is 0 Å². The average molecular weight is 268 g/mol. The first-order chi connectivity index (χ1) is 8.99. The van der Waals surface area contributed by atoms with Gasteiger partial charge >= 0.3 is 0 Å². The fourth-order valence-corrected chi connectivity index (χ4v) is 3.10. The van der Waals surface area contributed by atoms with Crippen LogP contribution in [-0.4, -0.2) is 25.5 Å². The van der Waals surface area contributed by atoms with Crippen molar-refractivity contribution < 1.29 is 4.79 Å². The molecule has 1 aliphatic carbocycles. The highest BCUT2D eigenvalue weighted by Crippen LogP contribution is 2.27. The molecule has 0 aromatic heterocycles. The zero-order valence-electron chi connectivity index (χ0n) is 13.2. The monoisotopic (exact) mass is 268 g/mol. The number of nitrogens with one attached hydrogen (secondary N) is 2. The Balaban J connectivity index is 2.35. The van der Waals surface area contributed by atoms with Gasteiger partial charge in [-0.1, -0.05) is 32.6 Å². The topological polar surface area (TPSA) is 41.1 Å². The molecule has 3 heteroatoms. The van der Waals surface area contributed by atoms with E-state index in [0.717, 1.165) is 12.5 Å². The van der Waals surface area contributed by atoms with E-state index in [0.29, 0.717) is 6.04 Å². The summed E-state index contributed by atoms with van der Waals surface area (Å²) in [4.78, 5) is 11.8. The Hall–Kier alpha value is -0.570. The molecule has 1 aliphatic rings. The number of carbonyl (C=O) groups excluding carboxylic acids is 1. The van der Waals surface area contributed by atoms with Crippen LogP contribution < -0.4 is 10.6 Å². The highest BCUT2D eigenvalue weighted by atomic mass is 16.2. The molecule has 112 valence electrons. The molecule has 0 spiro atoms. The third-order valence-corrected chi connectivity index (χ3v) is 4.46. The van der Waals surface area contributed by atoms with Crippen LogP contribution in [0.1, 0.15) is 65.7 Å². The highest BCUT2D eigenvalue weighted by Gasteiger charge is 2.27. The smallest absolute Gasteiger partial charge is 0.226 e. The summed E-state index contributed by atoms with van der Waals surface area (Å²) in [5.74, 6) is 1.06. The molecule has 3 nitrogen and oxygen atoms in total. The summed E-state index contributed by atoms with van der Waals surface area (Å²) < 4.78 is 0. The van der Waals surface area contributed by atoms with Gasteiger partial charge in [-0.3, -0.25) is 4.79 Å². The minimum atomic E-state index is -0.316. The van der Waals surface area contributed by atoms with Crippen molar-refractivity contribution in [2.24, 2.45) is 11.3 Å². The second-order valence-corrected chi connectivity index (χ2v) is 6.70. The lowest BCUT2D eigenvalue weighted by Crippen LogP contribution is -2.44. The van der Waals surface area contributed by atoms with Gasteiger partial charge in [0.15, 0.2) is 0 Å². The molecule has 1 rings (SSSR count). The van der Waals surface area contributed by atoms with Crippen LogP contribution in [0.15, 0.2) is 0 Å². The molecular weight excluding hydrogens is 236 g/mol. The van der Waals surface area contributed by atoms with Crippen LogP contribution in [0.3, 0.4) is 0 Å². The number of rotatable bonds is 6. The maximum Gasteiger partial charge on any atom is 0.226 e. The average Bonchev–Trinajstić information content (AvgIpc) is 2.61. The van der Waals surface area contributed by atoms with Gasteiger partial charge in [0, 0.05) is 19.6 Å². The Morgan fingerprint density at radius 2 is 1.95 bits per heavy atom. The van der Waals surface area contributed by atoms with Crippen molar-refractivity contribution in [2.45, 2.75) is 71.8 Å². The van der Waals surface area contributed by atoms with Crippen molar-refractivity contribution in [2.75, 3.05) is 13.6 Å². The van der Waals surface area contributed by atoms with Gasteiger partial charge in [0.25, 0.3) is 0 Å². The van der Waals surface area contributed by atoms with Gasteiger partial charge in [-0.15, -0.1) is 0 Å². The normalized spacial score (nSPS) is 24.8. The molecule has 0 radical (unpaired) electrons. The van der Waals surface area contributed by atoms with Crippen LogP contribution in [-0.2, 0) is 4.79 Å². The highest BCUT2D eigenvalue weighted by molar-refractivity contribution is 5.81. The number of hydrogen-bond acceptors (Lipinski definition) is 2. The van der Waals surface area contributed by atoms with E-state index in [4.69, 9.17) is 0 Å². The minimum absolute atomic E-state index is 0.123. The fraction of sp³-hybridized carbons (Fsp3) is 0.938. The van der Waals surface area contributed by atoms with E-state index in [9.17, 15) is 4.79 Å². The molecule has 1 saturated carbocycles. The molecule has 1 fully saturated rings. The Bertz CT molecular complexity index is 276. The molecule has 0 aromatic carbocycles. The van der Waals surface area contributed by atoms with Crippen molar-refractivity contribution in [3.8, 4) is 0 Å². The lowest BCUT2D eigenvalue weighted by Gasteiger charge is -2.26. The summed E-state index contributed by atoms with van der Waals surface area (Å²) in [5, 5.41) is 6.37. The zero-order valence-corrected chi connectivity index (χ0v) is 13.2. The standard InChI is InChI=1S/C16H32N2O/c1-5-7-13-8-6-9-14(11-10-13)18-12-16(2,3)15(19)17-4/h13-14,18H,5-12H2,1-4H3,(H,17,19). The van der Waals surface area contributed by atoms with E-state index in [1.165, 1.54) is 44.9 Å². The second kappa shape index (κ2) is 7.88. The molecule has 0 aliphatic heterocycles. The molecule has 0 heterocycles. The Morgan fingerprint density at radius 3 is 2.58 bits per heavy atom. The van der Waals surface area contributed by atoms with Crippen molar-refractivity contribution >= 4 is 5.91 Å². The minimum Gasteiger partial charge on any atom is -0.359 e. The van der Waals surface area contributed by atoms with Crippen LogP contribution in [0, 0.1) is 11.3 Å². The van der Waals surface area contributed by atoms with E-state index >= 15 is 0 Å². The van der Waals surface area contributed by atoms with E-state index in [-0.39, 0.29) is 11.3 Å². The van der Waals surface area contributed by atoms with Crippen molar-refractivity contribution in [1.29, 1.82) is 0 Å². The summed E-state index contributed by atoms with van der Waals surface area (Å²) in [6.07, 6.45) is 9.32. The molecule has 19 heavy (non-hydrogen) atoms. The first-order valence-corrected chi connectivity index (χ1v) is 7.95. The lowest BCUT2D eigenvalue weighted by atomic mass is 9.91. The maximum absolute atomic E-state index is 11.8. The second-order valence-electron chi connectivity index (χ2n) is 6.70. The summed E-state index contributed by atoms with van der Waals surface area (Å²) in [5.41, 5.74) is -0.316. The Kier molecular flexibility index (Phi) is 6.84. The largest absolute Gasteiger partial charge is 0.359 e. The van der Waals surface area contributed by atoms with E-state index in [1.54, 1.807) is 7.05 Å². The fourth-order valence-electron chi connectivity index (χ4n) is 3.10. The van der Waals surface area contributed by atoms with E-state index < -0.39 is 0 Å². The van der Waals surface area contributed by atoms with Crippen LogP contribution in [0.5, 0.6) is 0 Å². The van der Waals surface area contributed by atoms with Gasteiger partial charge in [-0.2, -0.15) is 0 Å². The summed E-state index contributed by atoms with van der Waals surface area (Å²) >= 11 is 0. The lowest BCUT2D eigenvalue weighted by molar-refractivity contribution is -0.128. The van der Waals surface area contributed by atoms with Crippen LogP contribution in [0.2, 0.25) is 0 Å². The molecule has 0 bridgehead atoms. The van der Waals surface area contributed by atoms with Crippen molar-refractivity contribution in [3.05, 3.63) is 0 Å². The van der Waals surface area contributed by atoms with Gasteiger partial charge in [-0.25, -0.2) is 0 Å². The predicted octanol–water partition coefficient (Wildman–Crippen LogP) is 3.10. The Labute approximate surface area is 118 Å². The van der Waals surface area contributed by atoms with Gasteiger partial charge in [-0.05, 0) is 39.0 Å². The molecule has 1 amide bonds. The molecule has 0 saturated heterocycles. The van der Waals surface area contributed by atoms with Crippen molar-refractivity contribution in [1.82, 2.24) is 10.6 Å². The van der Waals surface area contributed by atoms with Crippen molar-refractivity contribution in [3.63, 3.8) is 0 Å². The summed E-state index contributed by atoms with van der Waals surface area (Å²) in [6.45, 7) is 7.08. The SMILES string of the molecule is CCCC1CCCC(NCC(C)(C)C(=O)NC)CC1. The Morgan fingerprint density at radius 1 is 1.21 bits per heavy atom. The number of carbonyl (C=O) groups is 1. The quantitative estimate of drug-likeness (QED) is 0.727. The molecule has 2 atom stereocenters. The first kappa shape index (κ1) is 16.5. The number of amides is 1. The molecule has 0 aromatic rings.